The third-order valence-corrected chi connectivity index (χ3v) is 5.38. The summed E-state index contributed by atoms with van der Waals surface area (Å²) in [6.07, 6.45) is 3.52. The van der Waals surface area contributed by atoms with Crippen LogP contribution in [0.2, 0.25) is 0 Å². The van der Waals surface area contributed by atoms with E-state index in [2.05, 4.69) is 15.9 Å². The van der Waals surface area contributed by atoms with E-state index in [0.29, 0.717) is 6.10 Å². The van der Waals surface area contributed by atoms with E-state index in [4.69, 9.17) is 9.47 Å². The zero-order chi connectivity index (χ0) is 12.4. The Morgan fingerprint density at radius 3 is 2.89 bits per heavy atom. The first kappa shape index (κ1) is 12.8. The summed E-state index contributed by atoms with van der Waals surface area (Å²) < 4.78 is 13.2. The highest BCUT2D eigenvalue weighted by atomic mass is 79.9. The molecule has 1 aromatic carbocycles. The van der Waals surface area contributed by atoms with Crippen LogP contribution in [0.15, 0.2) is 28.7 Å². The highest BCUT2D eigenvalue weighted by molar-refractivity contribution is 9.10. The minimum Gasteiger partial charge on any atom is -0.490 e. The summed E-state index contributed by atoms with van der Waals surface area (Å²) in [6, 6.07) is 8.09. The van der Waals surface area contributed by atoms with Gasteiger partial charge in [0.2, 0.25) is 0 Å². The predicted molar refractivity (Wildman–Crippen MR) is 78.4 cm³/mol. The van der Waals surface area contributed by atoms with Gasteiger partial charge in [0, 0.05) is 23.1 Å². The van der Waals surface area contributed by atoms with Crippen molar-refractivity contribution in [3.63, 3.8) is 0 Å². The lowest BCUT2D eigenvalue weighted by Gasteiger charge is -2.37. The number of benzene rings is 1. The summed E-state index contributed by atoms with van der Waals surface area (Å²) >= 11 is 5.44. The van der Waals surface area contributed by atoms with Crippen LogP contribution in [-0.4, -0.2) is 29.8 Å². The number of rotatable bonds is 2. The summed E-state index contributed by atoms with van der Waals surface area (Å²) in [5.41, 5.74) is 0.100. The summed E-state index contributed by atoms with van der Waals surface area (Å²) in [5.74, 6) is 3.32. The second-order valence-electron chi connectivity index (χ2n) is 5.02. The van der Waals surface area contributed by atoms with Crippen molar-refractivity contribution in [1.82, 2.24) is 0 Å². The number of hydrogen-bond donors (Lipinski definition) is 0. The van der Waals surface area contributed by atoms with Gasteiger partial charge in [-0.2, -0.15) is 11.8 Å². The molecule has 0 radical (unpaired) electrons. The van der Waals surface area contributed by atoms with E-state index in [0.717, 1.165) is 35.4 Å². The third kappa shape index (κ3) is 2.86. The fraction of sp³-hybridized carbons (Fsp3) is 0.571. The molecular weight excluding hydrogens is 312 g/mol. The number of hydrogen-bond acceptors (Lipinski definition) is 3. The molecule has 2 heterocycles. The molecule has 1 aromatic rings. The van der Waals surface area contributed by atoms with Gasteiger partial charge in [-0.15, -0.1) is 0 Å². The predicted octanol–water partition coefficient (Wildman–Crippen LogP) is 3.88. The van der Waals surface area contributed by atoms with E-state index in [1.54, 1.807) is 0 Å². The summed E-state index contributed by atoms with van der Waals surface area (Å²) in [6.45, 7) is 0.835. The second kappa shape index (κ2) is 5.43. The van der Waals surface area contributed by atoms with Crippen LogP contribution < -0.4 is 4.74 Å². The molecule has 0 amide bonds. The van der Waals surface area contributed by atoms with Gasteiger partial charge < -0.3 is 9.47 Å². The minimum absolute atomic E-state index is 0.100. The van der Waals surface area contributed by atoms with Crippen molar-refractivity contribution in [2.24, 2.45) is 0 Å². The maximum Gasteiger partial charge on any atom is 0.119 e. The molecule has 2 saturated heterocycles. The largest absolute Gasteiger partial charge is 0.490 e. The van der Waals surface area contributed by atoms with E-state index >= 15 is 0 Å². The van der Waals surface area contributed by atoms with Crippen molar-refractivity contribution in [3.8, 4) is 5.75 Å². The van der Waals surface area contributed by atoms with Crippen molar-refractivity contribution in [1.29, 1.82) is 0 Å². The Balaban J connectivity index is 1.64. The van der Waals surface area contributed by atoms with E-state index in [1.165, 1.54) is 12.2 Å². The molecule has 0 bridgehead atoms. The molecule has 2 aliphatic rings. The average Bonchev–Trinajstić information content (AvgIpc) is 2.80. The maximum absolute atomic E-state index is 6.09. The Morgan fingerprint density at radius 2 is 2.17 bits per heavy atom. The molecule has 18 heavy (non-hydrogen) atoms. The van der Waals surface area contributed by atoms with Crippen LogP contribution in [0.25, 0.3) is 0 Å². The molecule has 2 atom stereocenters. The SMILES string of the molecule is Brc1ccc(OC2CCOC3(CCSC3)C2)cc1. The molecule has 0 aromatic heterocycles. The lowest BCUT2D eigenvalue weighted by atomic mass is 9.91. The van der Waals surface area contributed by atoms with Crippen LogP contribution in [0.1, 0.15) is 19.3 Å². The van der Waals surface area contributed by atoms with Gasteiger partial charge in [0.15, 0.2) is 0 Å². The highest BCUT2D eigenvalue weighted by Gasteiger charge is 2.41. The Kier molecular flexibility index (Phi) is 3.87. The Hall–Kier alpha value is -0.190. The van der Waals surface area contributed by atoms with E-state index in [9.17, 15) is 0 Å². The smallest absolute Gasteiger partial charge is 0.119 e. The average molecular weight is 329 g/mol. The van der Waals surface area contributed by atoms with Gasteiger partial charge in [0.25, 0.3) is 0 Å². The van der Waals surface area contributed by atoms with Gasteiger partial charge in [0.1, 0.15) is 11.9 Å². The summed E-state index contributed by atoms with van der Waals surface area (Å²) in [7, 11) is 0. The van der Waals surface area contributed by atoms with Gasteiger partial charge in [-0.3, -0.25) is 0 Å². The van der Waals surface area contributed by atoms with Crippen LogP contribution in [0.4, 0.5) is 0 Å². The van der Waals surface area contributed by atoms with Crippen LogP contribution in [-0.2, 0) is 4.74 Å². The number of halogens is 1. The molecule has 3 rings (SSSR count). The molecule has 0 saturated carbocycles. The summed E-state index contributed by atoms with van der Waals surface area (Å²) in [4.78, 5) is 0. The summed E-state index contributed by atoms with van der Waals surface area (Å²) in [5, 5.41) is 0. The van der Waals surface area contributed by atoms with Crippen molar-refractivity contribution in [2.45, 2.75) is 31.0 Å². The third-order valence-electron chi connectivity index (χ3n) is 3.63. The normalized spacial score (nSPS) is 31.7. The molecule has 2 fully saturated rings. The molecule has 0 N–H and O–H groups in total. The van der Waals surface area contributed by atoms with Crippen LogP contribution >= 0.6 is 27.7 Å². The fourth-order valence-electron chi connectivity index (χ4n) is 2.65. The highest BCUT2D eigenvalue weighted by Crippen LogP contribution is 2.39. The zero-order valence-electron chi connectivity index (χ0n) is 10.2. The van der Waals surface area contributed by atoms with Gasteiger partial charge in [-0.25, -0.2) is 0 Å². The topological polar surface area (TPSA) is 18.5 Å². The molecular formula is C14H17BrO2S. The van der Waals surface area contributed by atoms with Crippen LogP contribution in [0.5, 0.6) is 5.75 Å². The lowest BCUT2D eigenvalue weighted by Crippen LogP contribution is -2.43. The molecule has 0 aliphatic carbocycles. The fourth-order valence-corrected chi connectivity index (χ4v) is 4.29. The molecule has 98 valence electrons. The minimum atomic E-state index is 0.100. The lowest BCUT2D eigenvalue weighted by molar-refractivity contribution is -0.0958. The molecule has 2 aliphatic heterocycles. The maximum atomic E-state index is 6.09. The van der Waals surface area contributed by atoms with Crippen LogP contribution in [0, 0.1) is 0 Å². The Morgan fingerprint density at radius 1 is 1.33 bits per heavy atom. The monoisotopic (exact) mass is 328 g/mol. The van der Waals surface area contributed by atoms with Gasteiger partial charge >= 0.3 is 0 Å². The molecule has 4 heteroatoms. The van der Waals surface area contributed by atoms with Crippen molar-refractivity contribution < 1.29 is 9.47 Å². The Bertz CT molecular complexity index is 401. The van der Waals surface area contributed by atoms with Gasteiger partial charge in [-0.05, 0) is 36.4 Å². The molecule has 2 unspecified atom stereocenters. The number of ether oxygens (including phenoxy) is 2. The molecule has 2 nitrogen and oxygen atoms in total. The van der Waals surface area contributed by atoms with Crippen LogP contribution in [0.3, 0.4) is 0 Å². The zero-order valence-corrected chi connectivity index (χ0v) is 12.6. The number of thioether (sulfide) groups is 1. The van der Waals surface area contributed by atoms with Crippen molar-refractivity contribution in [2.75, 3.05) is 18.1 Å². The standard InChI is InChI=1S/C14H17BrO2S/c15-11-1-3-12(4-2-11)17-13-5-7-16-14(9-13)6-8-18-10-14/h1-4,13H,5-10H2. The van der Waals surface area contributed by atoms with Gasteiger partial charge in [-0.1, -0.05) is 15.9 Å². The van der Waals surface area contributed by atoms with Gasteiger partial charge in [0.05, 0.1) is 12.2 Å². The first-order valence-corrected chi connectivity index (χ1v) is 8.35. The van der Waals surface area contributed by atoms with E-state index in [1.807, 2.05) is 36.0 Å². The van der Waals surface area contributed by atoms with E-state index in [-0.39, 0.29) is 5.60 Å². The molecule has 1 spiro atoms. The Labute approximate surface area is 121 Å². The van der Waals surface area contributed by atoms with Crippen molar-refractivity contribution in [3.05, 3.63) is 28.7 Å². The quantitative estimate of drug-likeness (QED) is 0.820. The van der Waals surface area contributed by atoms with E-state index < -0.39 is 0 Å². The first-order valence-electron chi connectivity index (χ1n) is 6.40. The first-order chi connectivity index (χ1) is 8.76. The second-order valence-corrected chi connectivity index (χ2v) is 7.04. The van der Waals surface area contributed by atoms with Crippen molar-refractivity contribution >= 4 is 27.7 Å².